The molecule has 0 unspecified atom stereocenters. The van der Waals surface area contributed by atoms with Crippen molar-refractivity contribution >= 4 is 17.4 Å². The number of nitrogens with one attached hydrogen (secondary N) is 1. The highest BCUT2D eigenvalue weighted by Crippen LogP contribution is 2.30. The van der Waals surface area contributed by atoms with Crippen LogP contribution in [0.25, 0.3) is 0 Å². The molecule has 4 heteroatoms. The van der Waals surface area contributed by atoms with E-state index in [0.29, 0.717) is 4.75 Å². The molecule has 1 aromatic rings. The van der Waals surface area contributed by atoms with Crippen molar-refractivity contribution in [3.63, 3.8) is 0 Å². The third kappa shape index (κ3) is 5.03. The van der Waals surface area contributed by atoms with Crippen molar-refractivity contribution in [1.29, 1.82) is 0 Å². The molecule has 1 saturated heterocycles. The lowest BCUT2D eigenvalue weighted by molar-refractivity contribution is 0.295. The maximum Gasteiger partial charge on any atom is 0.125 e. The van der Waals surface area contributed by atoms with Gasteiger partial charge < -0.3 is 10.2 Å². The Morgan fingerprint density at radius 2 is 2.21 bits per heavy atom. The first-order valence-electron chi connectivity index (χ1n) is 6.91. The van der Waals surface area contributed by atoms with Crippen LogP contribution in [-0.2, 0) is 0 Å². The van der Waals surface area contributed by atoms with Gasteiger partial charge in [0, 0.05) is 35.8 Å². The molecule has 0 spiro atoms. The molecule has 1 aliphatic heterocycles. The zero-order chi connectivity index (χ0) is 13.7. The summed E-state index contributed by atoms with van der Waals surface area (Å²) in [6.45, 7) is 8.85. The summed E-state index contributed by atoms with van der Waals surface area (Å²) in [6.07, 6.45) is 1.23. The molecule has 1 heterocycles. The van der Waals surface area contributed by atoms with Crippen LogP contribution in [0.5, 0.6) is 0 Å². The van der Waals surface area contributed by atoms with E-state index in [-0.39, 0.29) is 5.82 Å². The third-order valence-corrected chi connectivity index (χ3v) is 4.88. The first-order chi connectivity index (χ1) is 9.05. The molecule has 0 aromatic heterocycles. The summed E-state index contributed by atoms with van der Waals surface area (Å²) in [6, 6.07) is 6.66. The van der Waals surface area contributed by atoms with Gasteiger partial charge in [-0.3, -0.25) is 0 Å². The van der Waals surface area contributed by atoms with Crippen LogP contribution in [0.4, 0.5) is 10.1 Å². The van der Waals surface area contributed by atoms with Crippen LogP contribution < -0.4 is 5.32 Å². The Kier molecular flexibility index (Phi) is 5.11. The number of rotatable bonds is 4. The Morgan fingerprint density at radius 3 is 3.00 bits per heavy atom. The normalized spacial score (nSPS) is 19.9. The fourth-order valence-electron chi connectivity index (χ4n) is 2.24. The second kappa shape index (κ2) is 6.62. The number of nitrogens with zero attached hydrogens (tertiary/aromatic N) is 1. The Morgan fingerprint density at radius 1 is 1.37 bits per heavy atom. The minimum atomic E-state index is -0.182. The number of anilines is 1. The van der Waals surface area contributed by atoms with Gasteiger partial charge in [0.05, 0.1) is 0 Å². The van der Waals surface area contributed by atoms with E-state index in [1.165, 1.54) is 18.2 Å². The first kappa shape index (κ1) is 14.7. The molecule has 19 heavy (non-hydrogen) atoms. The van der Waals surface area contributed by atoms with Crippen LogP contribution in [0.3, 0.4) is 0 Å². The van der Waals surface area contributed by atoms with Gasteiger partial charge in [-0.2, -0.15) is 11.8 Å². The van der Waals surface area contributed by atoms with Crippen molar-refractivity contribution in [2.75, 3.05) is 37.2 Å². The molecule has 0 radical (unpaired) electrons. The van der Waals surface area contributed by atoms with E-state index >= 15 is 0 Å². The summed E-state index contributed by atoms with van der Waals surface area (Å²) < 4.78 is 13.4. The monoisotopic (exact) mass is 282 g/mol. The molecule has 0 atom stereocenters. The topological polar surface area (TPSA) is 15.3 Å². The molecule has 1 aliphatic rings. The van der Waals surface area contributed by atoms with Gasteiger partial charge in [0.2, 0.25) is 0 Å². The fraction of sp³-hybridized carbons (Fsp3) is 0.600. The predicted octanol–water partition coefficient (Wildman–Crippen LogP) is 3.46. The SMILES string of the molecule is CC1(C)CCN(CCNc2cccc(F)c2)CCS1. The molecule has 0 saturated carbocycles. The second-order valence-corrected chi connectivity index (χ2v) is 7.44. The maximum absolute atomic E-state index is 13.0. The summed E-state index contributed by atoms with van der Waals surface area (Å²) in [4.78, 5) is 2.49. The Balaban J connectivity index is 1.74. The summed E-state index contributed by atoms with van der Waals surface area (Å²) in [5, 5.41) is 3.29. The van der Waals surface area contributed by atoms with Crippen molar-refractivity contribution in [2.45, 2.75) is 25.0 Å². The Hall–Kier alpha value is -0.740. The summed E-state index contributed by atoms with van der Waals surface area (Å²) in [5.74, 6) is 1.02. The van der Waals surface area contributed by atoms with Gasteiger partial charge in [-0.25, -0.2) is 4.39 Å². The number of hydrogen-bond acceptors (Lipinski definition) is 3. The third-order valence-electron chi connectivity index (χ3n) is 3.51. The molecular formula is C15H23FN2S. The van der Waals surface area contributed by atoms with Crippen molar-refractivity contribution in [3.05, 3.63) is 30.1 Å². The molecule has 0 bridgehead atoms. The molecule has 1 fully saturated rings. The molecule has 2 nitrogen and oxygen atoms in total. The van der Waals surface area contributed by atoms with Crippen LogP contribution in [-0.4, -0.2) is 41.6 Å². The van der Waals surface area contributed by atoms with Crippen LogP contribution >= 0.6 is 11.8 Å². The van der Waals surface area contributed by atoms with E-state index in [1.54, 1.807) is 12.1 Å². The van der Waals surface area contributed by atoms with E-state index in [4.69, 9.17) is 0 Å². The largest absolute Gasteiger partial charge is 0.384 e. The standard InChI is InChI=1S/C15H23FN2S/c1-15(2)6-8-18(10-11-19-15)9-7-17-14-5-3-4-13(16)12-14/h3-5,12,17H,6-11H2,1-2H3. The molecular weight excluding hydrogens is 259 g/mol. The molecule has 0 amide bonds. The van der Waals surface area contributed by atoms with Crippen LogP contribution in [0.2, 0.25) is 0 Å². The number of benzene rings is 1. The van der Waals surface area contributed by atoms with Gasteiger partial charge in [-0.05, 0) is 31.2 Å². The van der Waals surface area contributed by atoms with Gasteiger partial charge in [0.15, 0.2) is 0 Å². The van der Waals surface area contributed by atoms with E-state index in [2.05, 4.69) is 35.8 Å². The minimum absolute atomic E-state index is 0.182. The summed E-state index contributed by atoms with van der Waals surface area (Å²) in [7, 11) is 0. The lowest BCUT2D eigenvalue weighted by atomic mass is 10.1. The highest BCUT2D eigenvalue weighted by atomic mass is 32.2. The van der Waals surface area contributed by atoms with Gasteiger partial charge in [-0.15, -0.1) is 0 Å². The molecule has 0 aliphatic carbocycles. The van der Waals surface area contributed by atoms with Crippen molar-refractivity contribution in [2.24, 2.45) is 0 Å². The van der Waals surface area contributed by atoms with Crippen molar-refractivity contribution < 1.29 is 4.39 Å². The van der Waals surface area contributed by atoms with Crippen molar-refractivity contribution in [3.8, 4) is 0 Å². The average Bonchev–Trinajstić information content (AvgIpc) is 2.51. The highest BCUT2D eigenvalue weighted by molar-refractivity contribution is 8.00. The highest BCUT2D eigenvalue weighted by Gasteiger charge is 2.23. The maximum atomic E-state index is 13.0. The Bertz CT molecular complexity index is 409. The smallest absolute Gasteiger partial charge is 0.125 e. The van der Waals surface area contributed by atoms with Crippen LogP contribution in [0.15, 0.2) is 24.3 Å². The summed E-state index contributed by atoms with van der Waals surface area (Å²) in [5.41, 5.74) is 0.865. The second-order valence-electron chi connectivity index (χ2n) is 5.64. The zero-order valence-corrected chi connectivity index (χ0v) is 12.6. The van der Waals surface area contributed by atoms with Crippen LogP contribution in [0, 0.1) is 5.82 Å². The minimum Gasteiger partial charge on any atom is -0.384 e. The van der Waals surface area contributed by atoms with E-state index in [1.807, 2.05) is 6.07 Å². The number of hydrogen-bond donors (Lipinski definition) is 1. The number of halogens is 1. The Labute approximate surface area is 119 Å². The van der Waals surface area contributed by atoms with Gasteiger partial charge in [-0.1, -0.05) is 19.9 Å². The lowest BCUT2D eigenvalue weighted by Crippen LogP contribution is -2.31. The van der Waals surface area contributed by atoms with E-state index in [9.17, 15) is 4.39 Å². The van der Waals surface area contributed by atoms with Crippen molar-refractivity contribution in [1.82, 2.24) is 4.90 Å². The van der Waals surface area contributed by atoms with Crippen LogP contribution in [0.1, 0.15) is 20.3 Å². The zero-order valence-electron chi connectivity index (χ0n) is 11.8. The van der Waals surface area contributed by atoms with E-state index in [0.717, 1.165) is 31.9 Å². The molecule has 2 rings (SSSR count). The van der Waals surface area contributed by atoms with Gasteiger partial charge >= 0.3 is 0 Å². The summed E-state index contributed by atoms with van der Waals surface area (Å²) >= 11 is 2.07. The lowest BCUT2D eigenvalue weighted by Gasteiger charge is -2.22. The molecule has 1 aromatic carbocycles. The van der Waals surface area contributed by atoms with Gasteiger partial charge in [0.1, 0.15) is 5.82 Å². The predicted molar refractivity (Wildman–Crippen MR) is 82.5 cm³/mol. The van der Waals surface area contributed by atoms with Gasteiger partial charge in [0.25, 0.3) is 0 Å². The van der Waals surface area contributed by atoms with E-state index < -0.39 is 0 Å². The average molecular weight is 282 g/mol. The quantitative estimate of drug-likeness (QED) is 0.910. The fourth-order valence-corrected chi connectivity index (χ4v) is 3.38. The first-order valence-corrected chi connectivity index (χ1v) is 7.89. The number of thioether (sulfide) groups is 1. The molecule has 106 valence electrons. The molecule has 1 N–H and O–H groups in total.